The summed E-state index contributed by atoms with van der Waals surface area (Å²) in [6.07, 6.45) is 2.08. The first-order valence-electron chi connectivity index (χ1n) is 7.15. The SMILES string of the molecule is [B]C(=O)C(C)C(C)c1ccc(N2C(=O)CC(SC)C2=O)cc1. The molecule has 0 N–H and O–H groups in total. The number of hydrogen-bond acceptors (Lipinski definition) is 4. The third-order valence-electron chi connectivity index (χ3n) is 4.27. The molecule has 2 radical (unpaired) electrons. The van der Waals surface area contributed by atoms with Crippen molar-refractivity contribution in [3.8, 4) is 0 Å². The molecule has 1 aromatic rings. The van der Waals surface area contributed by atoms with Crippen LogP contribution in [-0.4, -0.2) is 36.8 Å². The van der Waals surface area contributed by atoms with Crippen molar-refractivity contribution in [1.82, 2.24) is 0 Å². The van der Waals surface area contributed by atoms with Crippen molar-refractivity contribution in [1.29, 1.82) is 0 Å². The molecule has 3 unspecified atom stereocenters. The molecule has 6 heteroatoms. The first-order valence-corrected chi connectivity index (χ1v) is 8.44. The van der Waals surface area contributed by atoms with Crippen molar-refractivity contribution in [2.45, 2.75) is 31.4 Å². The summed E-state index contributed by atoms with van der Waals surface area (Å²) in [5, 5.41) is -0.291. The highest BCUT2D eigenvalue weighted by Crippen LogP contribution is 2.30. The maximum atomic E-state index is 12.2. The highest BCUT2D eigenvalue weighted by atomic mass is 32.2. The highest BCUT2D eigenvalue weighted by Gasteiger charge is 2.38. The van der Waals surface area contributed by atoms with Crippen LogP contribution in [0.1, 0.15) is 31.7 Å². The third kappa shape index (κ3) is 3.12. The van der Waals surface area contributed by atoms with Crippen molar-refractivity contribution >= 4 is 42.8 Å². The largest absolute Gasteiger partial charge is 0.312 e. The van der Waals surface area contributed by atoms with Crippen LogP contribution in [0.15, 0.2) is 24.3 Å². The number of nitrogens with zero attached hydrogens (tertiary/aromatic N) is 1. The van der Waals surface area contributed by atoms with E-state index in [9.17, 15) is 14.4 Å². The maximum Gasteiger partial charge on any atom is 0.247 e. The first kappa shape index (κ1) is 16.8. The highest BCUT2D eigenvalue weighted by molar-refractivity contribution is 8.00. The van der Waals surface area contributed by atoms with Gasteiger partial charge >= 0.3 is 0 Å². The van der Waals surface area contributed by atoms with Crippen molar-refractivity contribution < 1.29 is 14.4 Å². The van der Waals surface area contributed by atoms with Gasteiger partial charge in [-0.05, 0) is 29.9 Å². The lowest BCUT2D eigenvalue weighted by molar-refractivity contribution is -0.121. The van der Waals surface area contributed by atoms with E-state index in [4.69, 9.17) is 7.85 Å². The minimum atomic E-state index is -0.343. The Morgan fingerprint density at radius 2 is 1.86 bits per heavy atom. The summed E-state index contributed by atoms with van der Waals surface area (Å²) in [5.74, 6) is -0.628. The summed E-state index contributed by atoms with van der Waals surface area (Å²) in [6.45, 7) is 3.72. The minimum absolute atomic E-state index is 0.0181. The van der Waals surface area contributed by atoms with Crippen LogP contribution in [0.2, 0.25) is 0 Å². The van der Waals surface area contributed by atoms with Crippen LogP contribution in [0, 0.1) is 5.92 Å². The summed E-state index contributed by atoms with van der Waals surface area (Å²) in [4.78, 5) is 36.7. The average molecular weight is 315 g/mol. The lowest BCUT2D eigenvalue weighted by atomic mass is 9.79. The van der Waals surface area contributed by atoms with E-state index in [1.54, 1.807) is 19.1 Å². The smallest absolute Gasteiger partial charge is 0.247 e. The van der Waals surface area contributed by atoms with E-state index in [2.05, 4.69) is 0 Å². The summed E-state index contributed by atoms with van der Waals surface area (Å²) in [6, 6.07) is 7.18. The van der Waals surface area contributed by atoms with E-state index in [1.165, 1.54) is 16.7 Å². The molecule has 3 atom stereocenters. The van der Waals surface area contributed by atoms with Crippen LogP contribution >= 0.6 is 11.8 Å². The van der Waals surface area contributed by atoms with Crippen LogP contribution in [0.5, 0.6) is 0 Å². The summed E-state index contributed by atoms with van der Waals surface area (Å²) >= 11 is 1.39. The lowest BCUT2D eigenvalue weighted by Crippen LogP contribution is -2.31. The lowest BCUT2D eigenvalue weighted by Gasteiger charge is -2.20. The van der Waals surface area contributed by atoms with Crippen LogP contribution in [0.4, 0.5) is 5.69 Å². The molecule has 1 heterocycles. The van der Waals surface area contributed by atoms with Crippen molar-refractivity contribution in [2.24, 2.45) is 5.92 Å². The Hall–Kier alpha value is -1.56. The Morgan fingerprint density at radius 3 is 2.32 bits per heavy atom. The zero-order chi connectivity index (χ0) is 16.4. The normalized spacial score (nSPS) is 21.0. The molecule has 114 valence electrons. The molecule has 0 bridgehead atoms. The third-order valence-corrected chi connectivity index (χ3v) is 5.20. The van der Waals surface area contributed by atoms with Gasteiger partial charge in [0.15, 0.2) is 7.85 Å². The number of amides is 2. The first-order chi connectivity index (χ1) is 10.4. The summed E-state index contributed by atoms with van der Waals surface area (Å²) in [7, 11) is 5.33. The number of hydrogen-bond donors (Lipinski definition) is 0. The number of benzene rings is 1. The second-order valence-corrected chi connectivity index (χ2v) is 6.61. The number of thioether (sulfide) groups is 1. The zero-order valence-corrected chi connectivity index (χ0v) is 13.7. The molecular formula is C16H18BNO3S. The van der Waals surface area contributed by atoms with Gasteiger partial charge in [0.25, 0.3) is 0 Å². The molecule has 2 amide bonds. The van der Waals surface area contributed by atoms with Gasteiger partial charge in [-0.1, -0.05) is 26.0 Å². The second-order valence-electron chi connectivity index (χ2n) is 5.57. The molecular weight excluding hydrogens is 297 g/mol. The summed E-state index contributed by atoms with van der Waals surface area (Å²) in [5.41, 5.74) is 1.19. The van der Waals surface area contributed by atoms with Crippen molar-refractivity contribution in [3.05, 3.63) is 29.8 Å². The van der Waals surface area contributed by atoms with E-state index < -0.39 is 0 Å². The topological polar surface area (TPSA) is 54.5 Å². The van der Waals surface area contributed by atoms with Crippen LogP contribution in [-0.2, 0) is 14.4 Å². The van der Waals surface area contributed by atoms with Gasteiger partial charge in [0.1, 0.15) is 0 Å². The standard InChI is InChI=1S/C16H18BNO3S/c1-9(10(2)15(17)20)11-4-6-12(7-5-11)18-14(19)8-13(22-3)16(18)21/h4-7,9-10,13H,8H2,1-3H3. The van der Waals surface area contributed by atoms with Gasteiger partial charge in [0, 0.05) is 12.3 Å². The fourth-order valence-electron chi connectivity index (χ4n) is 2.52. The van der Waals surface area contributed by atoms with Gasteiger partial charge in [-0.3, -0.25) is 9.59 Å². The van der Waals surface area contributed by atoms with Crippen LogP contribution in [0.3, 0.4) is 0 Å². The number of carbonyl (C=O) groups excluding carboxylic acids is 3. The Kier molecular flexibility index (Phi) is 5.11. The molecule has 22 heavy (non-hydrogen) atoms. The van der Waals surface area contributed by atoms with Gasteiger partial charge in [0.2, 0.25) is 11.8 Å². The van der Waals surface area contributed by atoms with Gasteiger partial charge in [0.05, 0.1) is 16.6 Å². The van der Waals surface area contributed by atoms with Gasteiger partial charge in [-0.15, -0.1) is 0 Å². The number of carbonyl (C=O) groups is 3. The molecule has 2 rings (SSSR count). The molecule has 1 fully saturated rings. The van der Waals surface area contributed by atoms with Crippen molar-refractivity contribution in [2.75, 3.05) is 11.2 Å². The van der Waals surface area contributed by atoms with Gasteiger partial charge < -0.3 is 4.79 Å². The quantitative estimate of drug-likeness (QED) is 0.617. The fraction of sp³-hybridized carbons (Fsp3) is 0.438. The molecule has 1 aliphatic heterocycles. The Morgan fingerprint density at radius 1 is 1.27 bits per heavy atom. The van der Waals surface area contributed by atoms with E-state index in [-0.39, 0.29) is 41.0 Å². The van der Waals surface area contributed by atoms with E-state index in [0.717, 1.165) is 5.56 Å². The Bertz CT molecular complexity index is 602. The number of anilines is 1. The minimum Gasteiger partial charge on any atom is -0.312 e. The van der Waals surface area contributed by atoms with Crippen LogP contribution in [0.25, 0.3) is 0 Å². The molecule has 0 aliphatic carbocycles. The monoisotopic (exact) mass is 315 g/mol. The predicted octanol–water partition coefficient (Wildman–Crippen LogP) is 2.12. The van der Waals surface area contributed by atoms with Crippen molar-refractivity contribution in [3.63, 3.8) is 0 Å². The number of imide groups is 1. The predicted molar refractivity (Wildman–Crippen MR) is 89.2 cm³/mol. The van der Waals surface area contributed by atoms with E-state index in [1.807, 2.05) is 25.3 Å². The fourth-order valence-corrected chi connectivity index (χ4v) is 3.14. The molecule has 1 aromatic carbocycles. The molecule has 1 aliphatic rings. The Labute approximate surface area is 136 Å². The molecule has 0 spiro atoms. The van der Waals surface area contributed by atoms with E-state index >= 15 is 0 Å². The second kappa shape index (κ2) is 6.69. The maximum absolute atomic E-state index is 12.2. The molecule has 0 saturated carbocycles. The molecule has 1 saturated heterocycles. The van der Waals surface area contributed by atoms with E-state index in [0.29, 0.717) is 5.69 Å². The van der Waals surface area contributed by atoms with Gasteiger partial charge in [-0.25, -0.2) is 4.90 Å². The Balaban J connectivity index is 2.21. The van der Waals surface area contributed by atoms with Gasteiger partial charge in [-0.2, -0.15) is 11.8 Å². The zero-order valence-electron chi connectivity index (χ0n) is 12.9. The molecule has 0 aromatic heterocycles. The summed E-state index contributed by atoms with van der Waals surface area (Å²) < 4.78 is 0. The van der Waals surface area contributed by atoms with Crippen LogP contribution < -0.4 is 4.90 Å². The number of rotatable bonds is 5. The molecule has 4 nitrogen and oxygen atoms in total. The average Bonchev–Trinajstić information content (AvgIpc) is 2.80.